The van der Waals surface area contributed by atoms with E-state index in [-0.39, 0.29) is 6.61 Å². The topological polar surface area (TPSA) is 32.3 Å². The van der Waals surface area contributed by atoms with Crippen LogP contribution in [0.5, 0.6) is 0 Å². The van der Waals surface area contributed by atoms with Gasteiger partial charge in [0, 0.05) is 23.6 Å². The van der Waals surface area contributed by atoms with Gasteiger partial charge in [0.1, 0.15) is 0 Å². The summed E-state index contributed by atoms with van der Waals surface area (Å²) in [4.78, 5) is 1.38. The Kier molecular flexibility index (Phi) is 5.29. The first kappa shape index (κ1) is 12.7. The van der Waals surface area contributed by atoms with Crippen molar-refractivity contribution in [1.82, 2.24) is 5.32 Å². The fraction of sp³-hybridized carbons (Fsp3) is 0.667. The van der Waals surface area contributed by atoms with Crippen LogP contribution in [0.15, 0.2) is 17.5 Å². The summed E-state index contributed by atoms with van der Waals surface area (Å²) < 4.78 is 0. The minimum atomic E-state index is 0.253. The minimum absolute atomic E-state index is 0.253. The summed E-state index contributed by atoms with van der Waals surface area (Å²) in [5.41, 5.74) is 0. The van der Waals surface area contributed by atoms with Gasteiger partial charge in [-0.05, 0) is 30.7 Å². The van der Waals surface area contributed by atoms with Gasteiger partial charge in [-0.15, -0.1) is 11.3 Å². The number of hydrogen-bond acceptors (Lipinski definition) is 3. The maximum atomic E-state index is 8.88. The molecule has 1 rings (SSSR count). The molecule has 2 nitrogen and oxygen atoms in total. The van der Waals surface area contributed by atoms with E-state index < -0.39 is 0 Å². The lowest BCUT2D eigenvalue weighted by molar-refractivity contribution is 0.256. The van der Waals surface area contributed by atoms with E-state index in [0.717, 1.165) is 6.42 Å². The van der Waals surface area contributed by atoms with Gasteiger partial charge in [0.15, 0.2) is 0 Å². The zero-order valence-corrected chi connectivity index (χ0v) is 10.6. The van der Waals surface area contributed by atoms with E-state index in [1.165, 1.54) is 4.88 Å². The molecule has 2 atom stereocenters. The fourth-order valence-corrected chi connectivity index (χ4v) is 2.61. The average Bonchev–Trinajstić information content (AvgIpc) is 2.66. The molecule has 3 heteroatoms. The Balaban J connectivity index is 2.59. The van der Waals surface area contributed by atoms with Crippen LogP contribution < -0.4 is 5.32 Å². The molecule has 0 radical (unpaired) electrons. The van der Waals surface area contributed by atoms with Crippen LogP contribution in [-0.4, -0.2) is 17.8 Å². The molecule has 2 N–H and O–H groups in total. The normalized spacial score (nSPS) is 15.5. The van der Waals surface area contributed by atoms with Crippen LogP contribution in [0.1, 0.15) is 38.1 Å². The SMILES string of the molecule is CC(CCO)NC(c1cccs1)C(C)C. The van der Waals surface area contributed by atoms with E-state index in [2.05, 4.69) is 43.6 Å². The van der Waals surface area contributed by atoms with Crippen LogP contribution >= 0.6 is 11.3 Å². The molecule has 0 saturated heterocycles. The lowest BCUT2D eigenvalue weighted by atomic mass is 10.0. The molecular formula is C12H21NOS. The molecular weight excluding hydrogens is 206 g/mol. The molecule has 0 aliphatic rings. The quantitative estimate of drug-likeness (QED) is 0.783. The summed E-state index contributed by atoms with van der Waals surface area (Å²) in [6.45, 7) is 6.83. The number of thiophene rings is 1. The Morgan fingerprint density at radius 2 is 2.13 bits per heavy atom. The van der Waals surface area contributed by atoms with E-state index >= 15 is 0 Å². The molecule has 0 amide bonds. The highest BCUT2D eigenvalue weighted by molar-refractivity contribution is 7.10. The third kappa shape index (κ3) is 3.93. The Morgan fingerprint density at radius 3 is 2.60 bits per heavy atom. The zero-order chi connectivity index (χ0) is 11.3. The van der Waals surface area contributed by atoms with Crippen molar-refractivity contribution < 1.29 is 5.11 Å². The molecule has 15 heavy (non-hydrogen) atoms. The molecule has 0 aliphatic carbocycles. The summed E-state index contributed by atoms with van der Waals surface area (Å²) in [5, 5.41) is 14.6. The van der Waals surface area contributed by atoms with Crippen molar-refractivity contribution >= 4 is 11.3 Å². The monoisotopic (exact) mass is 227 g/mol. The van der Waals surface area contributed by atoms with Gasteiger partial charge in [0.2, 0.25) is 0 Å². The molecule has 1 heterocycles. The highest BCUT2D eigenvalue weighted by Gasteiger charge is 2.18. The first-order valence-corrected chi connectivity index (χ1v) is 6.43. The highest BCUT2D eigenvalue weighted by atomic mass is 32.1. The second-order valence-electron chi connectivity index (χ2n) is 4.32. The summed E-state index contributed by atoms with van der Waals surface area (Å²) in [6.07, 6.45) is 0.814. The summed E-state index contributed by atoms with van der Waals surface area (Å²) >= 11 is 1.79. The smallest absolute Gasteiger partial charge is 0.0445 e. The van der Waals surface area contributed by atoms with Crippen LogP contribution in [0.2, 0.25) is 0 Å². The van der Waals surface area contributed by atoms with Gasteiger partial charge in [0.05, 0.1) is 0 Å². The Morgan fingerprint density at radius 1 is 1.40 bits per heavy atom. The van der Waals surface area contributed by atoms with Crippen molar-refractivity contribution in [3.8, 4) is 0 Å². The zero-order valence-electron chi connectivity index (χ0n) is 9.73. The van der Waals surface area contributed by atoms with Gasteiger partial charge in [-0.3, -0.25) is 0 Å². The second kappa shape index (κ2) is 6.26. The van der Waals surface area contributed by atoms with Gasteiger partial charge in [-0.1, -0.05) is 19.9 Å². The van der Waals surface area contributed by atoms with Crippen molar-refractivity contribution in [2.75, 3.05) is 6.61 Å². The molecule has 86 valence electrons. The van der Waals surface area contributed by atoms with Gasteiger partial charge in [-0.2, -0.15) is 0 Å². The first-order valence-electron chi connectivity index (χ1n) is 5.55. The lowest BCUT2D eigenvalue weighted by Crippen LogP contribution is -2.33. The Bertz CT molecular complexity index is 259. The number of hydrogen-bond donors (Lipinski definition) is 2. The molecule has 0 bridgehead atoms. The van der Waals surface area contributed by atoms with Gasteiger partial charge >= 0.3 is 0 Å². The number of aliphatic hydroxyl groups is 1. The Labute approximate surface area is 96.3 Å². The van der Waals surface area contributed by atoms with Gasteiger partial charge < -0.3 is 10.4 Å². The van der Waals surface area contributed by atoms with Crippen LogP contribution in [0, 0.1) is 5.92 Å². The molecule has 2 unspecified atom stereocenters. The third-order valence-corrected chi connectivity index (χ3v) is 3.50. The molecule has 0 saturated carbocycles. The second-order valence-corrected chi connectivity index (χ2v) is 5.30. The molecule has 0 aliphatic heterocycles. The van der Waals surface area contributed by atoms with E-state index in [0.29, 0.717) is 18.0 Å². The van der Waals surface area contributed by atoms with Gasteiger partial charge in [-0.25, -0.2) is 0 Å². The van der Waals surface area contributed by atoms with Crippen molar-refractivity contribution in [2.24, 2.45) is 5.92 Å². The van der Waals surface area contributed by atoms with Crippen molar-refractivity contribution in [3.05, 3.63) is 22.4 Å². The predicted octanol–water partition coefficient (Wildman–Crippen LogP) is 2.81. The molecule has 0 aromatic carbocycles. The van der Waals surface area contributed by atoms with E-state index in [4.69, 9.17) is 5.11 Å². The van der Waals surface area contributed by atoms with E-state index in [9.17, 15) is 0 Å². The largest absolute Gasteiger partial charge is 0.396 e. The lowest BCUT2D eigenvalue weighted by Gasteiger charge is -2.25. The first-order chi connectivity index (χ1) is 7.15. The molecule has 0 fully saturated rings. The maximum absolute atomic E-state index is 8.88. The molecule has 1 aromatic rings. The summed E-state index contributed by atoms with van der Waals surface area (Å²) in [5.74, 6) is 0.574. The van der Waals surface area contributed by atoms with E-state index in [1.54, 1.807) is 11.3 Å². The summed E-state index contributed by atoms with van der Waals surface area (Å²) in [6, 6.07) is 5.04. The molecule has 0 spiro atoms. The summed E-state index contributed by atoms with van der Waals surface area (Å²) in [7, 11) is 0. The average molecular weight is 227 g/mol. The molecule has 1 aromatic heterocycles. The fourth-order valence-electron chi connectivity index (χ4n) is 1.65. The van der Waals surface area contributed by atoms with Crippen LogP contribution in [0.25, 0.3) is 0 Å². The number of aliphatic hydroxyl groups excluding tert-OH is 1. The third-order valence-electron chi connectivity index (χ3n) is 2.54. The van der Waals surface area contributed by atoms with Crippen molar-refractivity contribution in [3.63, 3.8) is 0 Å². The predicted molar refractivity (Wildman–Crippen MR) is 66.2 cm³/mol. The van der Waals surface area contributed by atoms with Crippen molar-refractivity contribution in [1.29, 1.82) is 0 Å². The van der Waals surface area contributed by atoms with Crippen LogP contribution in [-0.2, 0) is 0 Å². The van der Waals surface area contributed by atoms with Crippen molar-refractivity contribution in [2.45, 2.75) is 39.3 Å². The van der Waals surface area contributed by atoms with Crippen LogP contribution in [0.3, 0.4) is 0 Å². The minimum Gasteiger partial charge on any atom is -0.396 e. The Hall–Kier alpha value is -0.380. The van der Waals surface area contributed by atoms with E-state index in [1.807, 2.05) is 0 Å². The van der Waals surface area contributed by atoms with Crippen LogP contribution in [0.4, 0.5) is 0 Å². The maximum Gasteiger partial charge on any atom is 0.0445 e. The highest BCUT2D eigenvalue weighted by Crippen LogP contribution is 2.26. The number of rotatable bonds is 6. The standard InChI is InChI=1S/C12H21NOS/c1-9(2)12(11-5-4-8-15-11)13-10(3)6-7-14/h4-5,8-10,12-14H,6-7H2,1-3H3. The number of nitrogens with one attached hydrogen (secondary N) is 1. The van der Waals surface area contributed by atoms with Gasteiger partial charge in [0.25, 0.3) is 0 Å².